The normalized spacial score (nSPS) is 25.0. The molecule has 0 radical (unpaired) electrons. The van der Waals surface area contributed by atoms with E-state index in [0.29, 0.717) is 0 Å². The molecule has 1 aliphatic carbocycles. The van der Waals surface area contributed by atoms with Gasteiger partial charge in [0.2, 0.25) is 0 Å². The zero-order chi connectivity index (χ0) is 19.4. The zero-order valence-corrected chi connectivity index (χ0v) is 11.0. The molecule has 6 heteroatoms. The van der Waals surface area contributed by atoms with Gasteiger partial charge in [-0.2, -0.15) is 0 Å². The Labute approximate surface area is 127 Å². The standard InChI is InChI=1S/C15H15N3O3/c1-8-17-11-4-2-3-10(16)14(11)15(21)18(8)12-6-5-9(19)7-13(12)20/h2-4,12H,5-7,16H2,1H3/i1D,3D,4D,6D2. The smallest absolute Gasteiger partial charge is 0.264 e. The first-order chi connectivity index (χ1) is 12.1. The molecule has 1 aromatic carbocycles. The minimum Gasteiger partial charge on any atom is -0.398 e. The summed E-state index contributed by atoms with van der Waals surface area (Å²) in [5, 5.41) is -0.264. The van der Waals surface area contributed by atoms with E-state index in [9.17, 15) is 14.4 Å². The lowest BCUT2D eigenvalue weighted by atomic mass is 9.92. The number of hydrogen-bond acceptors (Lipinski definition) is 5. The van der Waals surface area contributed by atoms with Crippen molar-refractivity contribution in [2.75, 3.05) is 5.73 Å². The molecule has 1 heterocycles. The molecule has 0 aliphatic heterocycles. The molecule has 0 spiro atoms. The second-order valence-electron chi connectivity index (χ2n) is 4.74. The Morgan fingerprint density at radius 3 is 3.00 bits per heavy atom. The first-order valence-corrected chi connectivity index (χ1v) is 6.23. The molecule has 0 saturated heterocycles. The number of anilines is 1. The van der Waals surface area contributed by atoms with E-state index in [2.05, 4.69) is 4.98 Å². The number of hydrogen-bond donors (Lipinski definition) is 1. The minimum absolute atomic E-state index is 0.109. The van der Waals surface area contributed by atoms with E-state index in [0.717, 1.165) is 10.6 Å². The lowest BCUT2D eigenvalue weighted by molar-refractivity contribution is -0.132. The molecular weight excluding hydrogens is 270 g/mol. The molecule has 0 bridgehead atoms. The molecule has 1 aromatic heterocycles. The molecule has 2 aromatic rings. The maximum Gasteiger partial charge on any atom is 0.264 e. The second kappa shape index (κ2) is 4.80. The van der Waals surface area contributed by atoms with Crippen molar-refractivity contribution in [2.45, 2.75) is 32.2 Å². The Hall–Kier alpha value is -2.50. The van der Waals surface area contributed by atoms with Crippen LogP contribution in [0.1, 0.15) is 37.9 Å². The maximum absolute atomic E-state index is 13.0. The summed E-state index contributed by atoms with van der Waals surface area (Å²) in [5.74, 6) is -1.55. The van der Waals surface area contributed by atoms with Crippen LogP contribution in [0.5, 0.6) is 0 Å². The van der Waals surface area contributed by atoms with Crippen molar-refractivity contribution in [3.8, 4) is 0 Å². The number of carbonyl (C=O) groups excluding carboxylic acids is 2. The molecule has 1 atom stereocenters. The van der Waals surface area contributed by atoms with E-state index in [1.54, 1.807) is 0 Å². The van der Waals surface area contributed by atoms with Gasteiger partial charge in [-0.3, -0.25) is 19.0 Å². The van der Waals surface area contributed by atoms with Gasteiger partial charge in [-0.25, -0.2) is 4.98 Å². The molecule has 1 fully saturated rings. The predicted molar refractivity (Wildman–Crippen MR) is 78.1 cm³/mol. The molecule has 21 heavy (non-hydrogen) atoms. The number of Topliss-reactive ketones (excluding diaryl/α,β-unsaturated/α-hetero) is 2. The van der Waals surface area contributed by atoms with Crippen LogP contribution in [0.3, 0.4) is 0 Å². The van der Waals surface area contributed by atoms with Crippen LogP contribution in [-0.2, 0) is 9.59 Å². The summed E-state index contributed by atoms with van der Waals surface area (Å²) in [7, 11) is 0. The van der Waals surface area contributed by atoms with Gasteiger partial charge in [0, 0.05) is 16.2 Å². The predicted octanol–water partition coefficient (Wildman–Crippen LogP) is 1.15. The van der Waals surface area contributed by atoms with Crippen LogP contribution < -0.4 is 11.3 Å². The summed E-state index contributed by atoms with van der Waals surface area (Å²) in [6.45, 7) is -0.541. The molecule has 3 rings (SSSR count). The highest BCUT2D eigenvalue weighted by atomic mass is 16.2. The molecule has 1 unspecified atom stereocenters. The van der Waals surface area contributed by atoms with E-state index >= 15 is 0 Å². The molecule has 1 saturated carbocycles. The van der Waals surface area contributed by atoms with Gasteiger partial charge in [-0.05, 0) is 25.4 Å². The van der Waals surface area contributed by atoms with Crippen LogP contribution in [0.4, 0.5) is 5.69 Å². The SMILES string of the molecule is [2H]Cc1nc2c([2H])cc([2H])c(N)c2c(=O)n1C1C(=O)CC(=O)CC1([2H])[2H]. The number of aromatic nitrogens is 2. The number of rotatable bonds is 1. The molecule has 0 amide bonds. The lowest BCUT2D eigenvalue weighted by Gasteiger charge is -2.24. The largest absolute Gasteiger partial charge is 0.398 e. The van der Waals surface area contributed by atoms with E-state index in [1.165, 1.54) is 0 Å². The highest BCUT2D eigenvalue weighted by Crippen LogP contribution is 2.24. The van der Waals surface area contributed by atoms with Gasteiger partial charge in [0.15, 0.2) is 5.78 Å². The summed E-state index contributed by atoms with van der Waals surface area (Å²) >= 11 is 0. The fraction of sp³-hybridized carbons (Fsp3) is 0.333. The second-order valence-corrected chi connectivity index (χ2v) is 4.74. The number of nitrogens with two attached hydrogens (primary N) is 1. The lowest BCUT2D eigenvalue weighted by Crippen LogP contribution is -2.36. The van der Waals surface area contributed by atoms with E-state index < -0.39 is 49.3 Å². The summed E-state index contributed by atoms with van der Waals surface area (Å²) in [6.07, 6.45) is -3.38. The fourth-order valence-corrected chi connectivity index (χ4v) is 2.36. The number of aryl methyl sites for hydroxylation is 1. The first kappa shape index (κ1) is 8.71. The minimum atomic E-state index is -2.33. The van der Waals surface area contributed by atoms with Crippen molar-refractivity contribution in [3.63, 3.8) is 0 Å². The third kappa shape index (κ3) is 2.12. The average Bonchev–Trinajstić information content (AvgIpc) is 2.52. The van der Waals surface area contributed by atoms with Gasteiger partial charge in [0.25, 0.3) is 5.56 Å². The van der Waals surface area contributed by atoms with E-state index in [-0.39, 0.29) is 34.5 Å². The van der Waals surface area contributed by atoms with Gasteiger partial charge in [0.1, 0.15) is 11.6 Å². The highest BCUT2D eigenvalue weighted by Gasteiger charge is 2.30. The number of benzene rings is 1. The third-order valence-corrected chi connectivity index (χ3v) is 3.32. The maximum atomic E-state index is 13.0. The fourth-order valence-electron chi connectivity index (χ4n) is 2.36. The average molecular weight is 290 g/mol. The van der Waals surface area contributed by atoms with Crippen molar-refractivity contribution >= 4 is 28.2 Å². The molecule has 6 nitrogen and oxygen atoms in total. The quantitative estimate of drug-likeness (QED) is 0.628. The number of fused-ring (bicyclic) bond motifs is 1. The summed E-state index contributed by atoms with van der Waals surface area (Å²) in [6, 6.07) is -0.995. The van der Waals surface area contributed by atoms with Gasteiger partial charge in [-0.15, -0.1) is 0 Å². The van der Waals surface area contributed by atoms with Crippen molar-refractivity contribution < 1.29 is 16.4 Å². The summed E-state index contributed by atoms with van der Waals surface area (Å²) in [4.78, 5) is 41.1. The van der Waals surface area contributed by atoms with Crippen molar-refractivity contribution in [3.05, 3.63) is 34.3 Å². The number of nitrogen functional groups attached to an aromatic ring is 1. The topological polar surface area (TPSA) is 95.0 Å². The van der Waals surface area contributed by atoms with E-state index in [4.69, 9.17) is 12.6 Å². The van der Waals surface area contributed by atoms with Gasteiger partial charge in [-0.1, -0.05) is 6.07 Å². The zero-order valence-electron chi connectivity index (χ0n) is 16.0. The van der Waals surface area contributed by atoms with Crippen molar-refractivity contribution in [1.29, 1.82) is 0 Å². The van der Waals surface area contributed by atoms with Crippen LogP contribution in [0.2, 0.25) is 0 Å². The Morgan fingerprint density at radius 1 is 1.48 bits per heavy atom. The molecule has 108 valence electrons. The first-order valence-electron chi connectivity index (χ1n) is 8.93. The van der Waals surface area contributed by atoms with Crippen molar-refractivity contribution in [2.24, 2.45) is 0 Å². The van der Waals surface area contributed by atoms with Crippen LogP contribution in [-0.4, -0.2) is 21.1 Å². The number of nitrogens with zero attached hydrogens (tertiary/aromatic N) is 2. The Kier molecular flexibility index (Phi) is 1.99. The Morgan fingerprint density at radius 2 is 2.29 bits per heavy atom. The Bertz CT molecular complexity index is 1020. The third-order valence-electron chi connectivity index (χ3n) is 3.32. The molecular formula is C15H15N3O3. The van der Waals surface area contributed by atoms with Crippen LogP contribution >= 0.6 is 0 Å². The number of carbonyl (C=O) groups is 2. The van der Waals surface area contributed by atoms with E-state index in [1.807, 2.05) is 0 Å². The van der Waals surface area contributed by atoms with Crippen molar-refractivity contribution in [1.82, 2.24) is 9.55 Å². The highest BCUT2D eigenvalue weighted by molar-refractivity contribution is 6.03. The Balaban J connectivity index is 2.41. The van der Waals surface area contributed by atoms with Crippen LogP contribution in [0.25, 0.3) is 10.9 Å². The van der Waals surface area contributed by atoms with Gasteiger partial charge in [0.05, 0.1) is 26.1 Å². The number of ketones is 2. The molecule has 1 aliphatic rings. The van der Waals surface area contributed by atoms with Crippen LogP contribution in [0, 0.1) is 6.90 Å². The van der Waals surface area contributed by atoms with Gasteiger partial charge >= 0.3 is 0 Å². The monoisotopic (exact) mass is 290 g/mol. The summed E-state index contributed by atoms with van der Waals surface area (Å²) in [5.41, 5.74) is 4.56. The van der Waals surface area contributed by atoms with Crippen LogP contribution in [0.15, 0.2) is 22.9 Å². The molecule has 2 N–H and O–H groups in total. The van der Waals surface area contributed by atoms with Gasteiger partial charge < -0.3 is 5.73 Å². The summed E-state index contributed by atoms with van der Waals surface area (Å²) < 4.78 is 40.2.